The first-order chi connectivity index (χ1) is 11.1. The monoisotopic (exact) mass is 319 g/mol. The van der Waals surface area contributed by atoms with Crippen LogP contribution in [0.3, 0.4) is 0 Å². The molecule has 0 aliphatic carbocycles. The third kappa shape index (κ3) is 3.82. The number of aliphatic carboxylic acids is 1. The molecular formula is C17H21NO5. The summed E-state index contributed by atoms with van der Waals surface area (Å²) in [5.41, 5.74) is 1.55. The summed E-state index contributed by atoms with van der Waals surface area (Å²) in [5.74, 6) is -0.567. The highest BCUT2D eigenvalue weighted by atomic mass is 16.5. The van der Waals surface area contributed by atoms with E-state index in [1.165, 1.54) is 0 Å². The summed E-state index contributed by atoms with van der Waals surface area (Å²) in [4.78, 5) is 23.7. The fraction of sp³-hybridized carbons (Fsp3) is 0.529. The number of carboxylic acids is 1. The summed E-state index contributed by atoms with van der Waals surface area (Å²) < 4.78 is 11.0. The number of fused-ring (bicyclic) bond motifs is 1. The molecule has 0 radical (unpaired) electrons. The smallest absolute Gasteiger partial charge is 0.330 e. The minimum absolute atomic E-state index is 0.105. The van der Waals surface area contributed by atoms with Crippen molar-refractivity contribution in [1.82, 2.24) is 5.32 Å². The number of ether oxygens (including phenoxy) is 2. The Kier molecular flexibility index (Phi) is 4.81. The molecule has 23 heavy (non-hydrogen) atoms. The van der Waals surface area contributed by atoms with Gasteiger partial charge in [-0.3, -0.25) is 4.79 Å². The van der Waals surface area contributed by atoms with E-state index in [2.05, 4.69) is 5.32 Å². The van der Waals surface area contributed by atoms with Gasteiger partial charge in [-0.25, -0.2) is 4.79 Å². The van der Waals surface area contributed by atoms with Gasteiger partial charge in [0.15, 0.2) is 6.04 Å². The third-order valence-electron chi connectivity index (χ3n) is 4.29. The largest absolute Gasteiger partial charge is 0.493 e. The van der Waals surface area contributed by atoms with Crippen molar-refractivity contribution in [3.05, 3.63) is 29.3 Å². The van der Waals surface area contributed by atoms with Crippen molar-refractivity contribution in [3.8, 4) is 5.75 Å². The van der Waals surface area contributed by atoms with Crippen LogP contribution in [0, 0.1) is 0 Å². The maximum atomic E-state index is 12.2. The molecule has 0 aromatic heterocycles. The van der Waals surface area contributed by atoms with Gasteiger partial charge in [0.2, 0.25) is 5.91 Å². The Balaban J connectivity index is 1.66. The molecule has 1 saturated heterocycles. The van der Waals surface area contributed by atoms with Gasteiger partial charge < -0.3 is 19.9 Å². The van der Waals surface area contributed by atoms with Gasteiger partial charge in [0.1, 0.15) is 5.75 Å². The Bertz CT molecular complexity index is 595. The number of carbonyl (C=O) groups excluding carboxylic acids is 1. The van der Waals surface area contributed by atoms with Crippen molar-refractivity contribution in [3.63, 3.8) is 0 Å². The van der Waals surface area contributed by atoms with E-state index in [1.54, 1.807) is 18.2 Å². The number of hydrogen-bond acceptors (Lipinski definition) is 4. The van der Waals surface area contributed by atoms with Crippen molar-refractivity contribution in [2.24, 2.45) is 0 Å². The molecule has 6 nitrogen and oxygen atoms in total. The second-order valence-electron chi connectivity index (χ2n) is 6.00. The Morgan fingerprint density at radius 2 is 2.17 bits per heavy atom. The molecular weight excluding hydrogens is 298 g/mol. The fourth-order valence-electron chi connectivity index (χ4n) is 3.07. The zero-order valence-electron chi connectivity index (χ0n) is 12.9. The van der Waals surface area contributed by atoms with Gasteiger partial charge in [-0.05, 0) is 42.5 Å². The normalized spacial score (nSPS) is 21.1. The van der Waals surface area contributed by atoms with Crippen molar-refractivity contribution < 1.29 is 24.2 Å². The molecule has 0 saturated carbocycles. The van der Waals surface area contributed by atoms with Crippen LogP contribution in [-0.4, -0.2) is 36.3 Å². The number of hydrogen-bond donors (Lipinski definition) is 2. The van der Waals surface area contributed by atoms with Crippen LogP contribution in [0.1, 0.15) is 42.9 Å². The third-order valence-corrected chi connectivity index (χ3v) is 4.29. The molecule has 0 bridgehead atoms. The minimum Gasteiger partial charge on any atom is -0.493 e. The van der Waals surface area contributed by atoms with Crippen LogP contribution in [0.5, 0.6) is 5.75 Å². The zero-order chi connectivity index (χ0) is 16.2. The number of rotatable bonds is 5. The van der Waals surface area contributed by atoms with Gasteiger partial charge in [0, 0.05) is 13.0 Å². The summed E-state index contributed by atoms with van der Waals surface area (Å²) in [6.45, 7) is 1.28. The Hall–Kier alpha value is -2.08. The standard InChI is InChI=1S/C17H21NO5/c19-15(10-13-3-1-2-7-22-13)18-16(17(20)21)12-4-5-14-11(9-12)6-8-23-14/h4-5,9,13,16H,1-3,6-8,10H2,(H,18,19)(H,20,21). The molecule has 2 atom stereocenters. The molecule has 2 aliphatic heterocycles. The molecule has 3 rings (SSSR count). The molecule has 6 heteroatoms. The van der Waals surface area contributed by atoms with Crippen molar-refractivity contribution in [1.29, 1.82) is 0 Å². The fourth-order valence-corrected chi connectivity index (χ4v) is 3.07. The lowest BCUT2D eigenvalue weighted by molar-refractivity contribution is -0.142. The Morgan fingerprint density at radius 1 is 1.30 bits per heavy atom. The molecule has 0 spiro atoms. The summed E-state index contributed by atoms with van der Waals surface area (Å²) in [5, 5.41) is 12.1. The number of carboxylic acid groups (broad SMARTS) is 1. The highest BCUT2D eigenvalue weighted by Gasteiger charge is 2.26. The minimum atomic E-state index is -1.07. The first-order valence-corrected chi connectivity index (χ1v) is 8.03. The van der Waals surface area contributed by atoms with Gasteiger partial charge in [-0.1, -0.05) is 6.07 Å². The maximum Gasteiger partial charge on any atom is 0.330 e. The first kappa shape index (κ1) is 15.8. The lowest BCUT2D eigenvalue weighted by atomic mass is 10.0. The number of carbonyl (C=O) groups is 2. The van der Waals surface area contributed by atoms with E-state index in [4.69, 9.17) is 9.47 Å². The molecule has 1 aromatic carbocycles. The lowest BCUT2D eigenvalue weighted by Gasteiger charge is -2.23. The predicted octanol–water partition coefficient (Wildman–Crippen LogP) is 1.82. The van der Waals surface area contributed by atoms with E-state index in [-0.39, 0.29) is 18.4 Å². The van der Waals surface area contributed by atoms with E-state index in [9.17, 15) is 14.7 Å². The zero-order valence-corrected chi connectivity index (χ0v) is 12.9. The molecule has 1 amide bonds. The molecule has 2 aliphatic rings. The van der Waals surface area contributed by atoms with E-state index < -0.39 is 12.0 Å². The average Bonchev–Trinajstić information content (AvgIpc) is 3.01. The van der Waals surface area contributed by atoms with E-state index in [0.717, 1.165) is 37.0 Å². The van der Waals surface area contributed by atoms with Crippen LogP contribution in [0.25, 0.3) is 0 Å². The van der Waals surface area contributed by atoms with Crippen molar-refractivity contribution in [2.75, 3.05) is 13.2 Å². The second-order valence-corrected chi connectivity index (χ2v) is 6.00. The maximum absolute atomic E-state index is 12.2. The molecule has 1 aromatic rings. The summed E-state index contributed by atoms with van der Waals surface area (Å²) in [6, 6.07) is 4.22. The highest BCUT2D eigenvalue weighted by Crippen LogP contribution is 2.28. The lowest BCUT2D eigenvalue weighted by Crippen LogP contribution is -2.36. The van der Waals surface area contributed by atoms with Crippen LogP contribution >= 0.6 is 0 Å². The van der Waals surface area contributed by atoms with Crippen LogP contribution in [0.15, 0.2) is 18.2 Å². The average molecular weight is 319 g/mol. The molecule has 1 fully saturated rings. The van der Waals surface area contributed by atoms with Gasteiger partial charge >= 0.3 is 5.97 Å². The van der Waals surface area contributed by atoms with Gasteiger partial charge in [0.05, 0.1) is 19.1 Å². The van der Waals surface area contributed by atoms with Crippen LogP contribution in [0.2, 0.25) is 0 Å². The number of benzene rings is 1. The van der Waals surface area contributed by atoms with E-state index in [0.29, 0.717) is 18.8 Å². The Labute approximate surface area is 134 Å². The van der Waals surface area contributed by atoms with Crippen LogP contribution < -0.4 is 10.1 Å². The quantitative estimate of drug-likeness (QED) is 0.865. The van der Waals surface area contributed by atoms with Gasteiger partial charge in [-0.2, -0.15) is 0 Å². The van der Waals surface area contributed by atoms with Crippen LogP contribution in [0.4, 0.5) is 0 Å². The van der Waals surface area contributed by atoms with E-state index >= 15 is 0 Å². The summed E-state index contributed by atoms with van der Waals surface area (Å²) in [7, 11) is 0. The SMILES string of the molecule is O=C(CC1CCCCO1)NC(C(=O)O)c1ccc2c(c1)CCO2. The van der Waals surface area contributed by atoms with Crippen LogP contribution in [-0.2, 0) is 20.7 Å². The number of amides is 1. The Morgan fingerprint density at radius 3 is 2.91 bits per heavy atom. The van der Waals surface area contributed by atoms with Crippen molar-refractivity contribution >= 4 is 11.9 Å². The summed E-state index contributed by atoms with van der Waals surface area (Å²) in [6.07, 6.45) is 3.78. The topological polar surface area (TPSA) is 84.9 Å². The molecule has 124 valence electrons. The predicted molar refractivity (Wildman–Crippen MR) is 82.4 cm³/mol. The first-order valence-electron chi connectivity index (χ1n) is 8.03. The van der Waals surface area contributed by atoms with Crippen molar-refractivity contribution in [2.45, 2.75) is 44.2 Å². The molecule has 2 unspecified atom stereocenters. The highest BCUT2D eigenvalue weighted by molar-refractivity contribution is 5.84. The molecule has 2 heterocycles. The molecule has 2 N–H and O–H groups in total. The second kappa shape index (κ2) is 7.00. The van der Waals surface area contributed by atoms with Gasteiger partial charge in [0.25, 0.3) is 0 Å². The number of nitrogens with one attached hydrogen (secondary N) is 1. The summed E-state index contributed by atoms with van der Waals surface area (Å²) >= 11 is 0. The van der Waals surface area contributed by atoms with E-state index in [1.807, 2.05) is 0 Å². The van der Waals surface area contributed by atoms with Gasteiger partial charge in [-0.15, -0.1) is 0 Å².